The number of rotatable bonds is 2. The molecule has 92 valence electrons. The van der Waals surface area contributed by atoms with Gasteiger partial charge in [0.1, 0.15) is 0 Å². The van der Waals surface area contributed by atoms with Crippen molar-refractivity contribution in [1.29, 1.82) is 0 Å². The molecule has 1 fully saturated rings. The SMILES string of the molecule is OC1CCN(CC2CCCO2)c2ccccc21. The molecule has 3 nitrogen and oxygen atoms in total. The molecule has 1 aromatic carbocycles. The van der Waals surface area contributed by atoms with Gasteiger partial charge in [0.2, 0.25) is 0 Å². The van der Waals surface area contributed by atoms with E-state index in [9.17, 15) is 5.11 Å². The fourth-order valence-corrected chi connectivity index (χ4v) is 2.84. The van der Waals surface area contributed by atoms with Crippen LogP contribution in [0.25, 0.3) is 0 Å². The second-order valence-electron chi connectivity index (χ2n) is 4.94. The third-order valence-electron chi connectivity index (χ3n) is 3.76. The molecule has 2 aliphatic rings. The van der Waals surface area contributed by atoms with Gasteiger partial charge in [-0.2, -0.15) is 0 Å². The van der Waals surface area contributed by atoms with Gasteiger partial charge in [-0.15, -0.1) is 0 Å². The molecule has 1 saturated heterocycles. The van der Waals surface area contributed by atoms with Crippen molar-refractivity contribution < 1.29 is 9.84 Å². The molecule has 0 radical (unpaired) electrons. The predicted molar refractivity (Wildman–Crippen MR) is 67.2 cm³/mol. The molecular formula is C14H19NO2. The lowest BCUT2D eigenvalue weighted by Crippen LogP contribution is -2.37. The maximum Gasteiger partial charge on any atom is 0.0826 e. The average Bonchev–Trinajstić information content (AvgIpc) is 2.86. The largest absolute Gasteiger partial charge is 0.388 e. The summed E-state index contributed by atoms with van der Waals surface area (Å²) in [5.74, 6) is 0. The van der Waals surface area contributed by atoms with E-state index in [1.165, 1.54) is 18.5 Å². The van der Waals surface area contributed by atoms with Crippen LogP contribution in [0, 0.1) is 0 Å². The Bertz CT molecular complexity index is 388. The number of nitrogens with zero attached hydrogens (tertiary/aromatic N) is 1. The second kappa shape index (κ2) is 4.67. The van der Waals surface area contributed by atoms with E-state index < -0.39 is 0 Å². The van der Waals surface area contributed by atoms with Crippen LogP contribution in [0.2, 0.25) is 0 Å². The van der Waals surface area contributed by atoms with E-state index in [4.69, 9.17) is 4.74 Å². The third kappa shape index (κ3) is 2.17. The predicted octanol–water partition coefficient (Wildman–Crippen LogP) is 2.11. The summed E-state index contributed by atoms with van der Waals surface area (Å²) in [5.41, 5.74) is 2.25. The number of para-hydroxylation sites is 1. The first-order chi connectivity index (χ1) is 8.34. The molecule has 0 aliphatic carbocycles. The van der Waals surface area contributed by atoms with E-state index in [1.807, 2.05) is 18.2 Å². The average molecular weight is 233 g/mol. The molecule has 2 unspecified atom stereocenters. The number of aliphatic hydroxyl groups excluding tert-OH is 1. The van der Waals surface area contributed by atoms with Gasteiger partial charge in [0, 0.05) is 30.9 Å². The highest BCUT2D eigenvalue weighted by atomic mass is 16.5. The molecule has 2 heterocycles. The van der Waals surface area contributed by atoms with Crippen LogP contribution in [0.4, 0.5) is 5.69 Å². The van der Waals surface area contributed by atoms with Crippen LogP contribution in [-0.4, -0.2) is 30.9 Å². The number of anilines is 1. The second-order valence-corrected chi connectivity index (χ2v) is 4.94. The van der Waals surface area contributed by atoms with E-state index in [-0.39, 0.29) is 6.10 Å². The Morgan fingerprint density at radius 3 is 3.00 bits per heavy atom. The van der Waals surface area contributed by atoms with Crippen LogP contribution < -0.4 is 4.90 Å². The fraction of sp³-hybridized carbons (Fsp3) is 0.571. The van der Waals surface area contributed by atoms with Crippen LogP contribution in [0.15, 0.2) is 24.3 Å². The number of ether oxygens (including phenoxy) is 1. The molecule has 0 saturated carbocycles. The quantitative estimate of drug-likeness (QED) is 0.849. The van der Waals surface area contributed by atoms with E-state index in [2.05, 4.69) is 11.0 Å². The molecular weight excluding hydrogens is 214 g/mol. The zero-order chi connectivity index (χ0) is 11.7. The van der Waals surface area contributed by atoms with Crippen molar-refractivity contribution in [2.24, 2.45) is 0 Å². The van der Waals surface area contributed by atoms with E-state index >= 15 is 0 Å². The van der Waals surface area contributed by atoms with E-state index in [0.29, 0.717) is 6.10 Å². The minimum Gasteiger partial charge on any atom is -0.388 e. The summed E-state index contributed by atoms with van der Waals surface area (Å²) in [4.78, 5) is 2.36. The molecule has 2 atom stereocenters. The topological polar surface area (TPSA) is 32.7 Å². The van der Waals surface area contributed by atoms with Gasteiger partial charge in [0.25, 0.3) is 0 Å². The Morgan fingerprint density at radius 1 is 1.29 bits per heavy atom. The fourth-order valence-electron chi connectivity index (χ4n) is 2.84. The minimum absolute atomic E-state index is 0.299. The number of fused-ring (bicyclic) bond motifs is 1. The molecule has 0 aromatic heterocycles. The summed E-state index contributed by atoms with van der Waals surface area (Å²) in [7, 11) is 0. The molecule has 0 spiro atoms. The standard InChI is InChI=1S/C14H19NO2/c16-14-7-8-15(10-11-4-3-9-17-11)13-6-2-1-5-12(13)14/h1-2,5-6,11,14,16H,3-4,7-10H2. The number of hydrogen-bond donors (Lipinski definition) is 1. The number of aliphatic hydroxyl groups is 1. The Labute approximate surface area is 102 Å². The summed E-state index contributed by atoms with van der Waals surface area (Å²) < 4.78 is 5.69. The first-order valence-electron chi connectivity index (χ1n) is 6.48. The van der Waals surface area contributed by atoms with Crippen molar-refractivity contribution in [2.75, 3.05) is 24.6 Å². The lowest BCUT2D eigenvalue weighted by molar-refractivity contribution is 0.112. The Balaban J connectivity index is 1.79. The first-order valence-corrected chi connectivity index (χ1v) is 6.48. The lowest BCUT2D eigenvalue weighted by atomic mass is 9.98. The van der Waals surface area contributed by atoms with Gasteiger partial charge < -0.3 is 14.7 Å². The molecule has 1 N–H and O–H groups in total. The van der Waals surface area contributed by atoms with Gasteiger partial charge in [-0.05, 0) is 25.3 Å². The smallest absolute Gasteiger partial charge is 0.0826 e. The number of benzene rings is 1. The van der Waals surface area contributed by atoms with Crippen LogP contribution >= 0.6 is 0 Å². The summed E-state index contributed by atoms with van der Waals surface area (Å²) in [6, 6.07) is 8.17. The highest BCUT2D eigenvalue weighted by molar-refractivity contribution is 5.56. The number of hydrogen-bond acceptors (Lipinski definition) is 3. The molecule has 3 heteroatoms. The highest BCUT2D eigenvalue weighted by Crippen LogP contribution is 2.34. The van der Waals surface area contributed by atoms with Gasteiger partial charge in [-0.3, -0.25) is 0 Å². The van der Waals surface area contributed by atoms with Crippen LogP contribution in [0.1, 0.15) is 30.9 Å². The Morgan fingerprint density at radius 2 is 2.18 bits per heavy atom. The molecule has 1 aromatic rings. The highest BCUT2D eigenvalue weighted by Gasteiger charge is 2.26. The summed E-state index contributed by atoms with van der Waals surface area (Å²) in [5, 5.41) is 9.98. The third-order valence-corrected chi connectivity index (χ3v) is 3.76. The van der Waals surface area contributed by atoms with Gasteiger partial charge in [-0.1, -0.05) is 18.2 Å². The van der Waals surface area contributed by atoms with Crippen molar-refractivity contribution in [3.05, 3.63) is 29.8 Å². The Hall–Kier alpha value is -1.06. The molecule has 0 amide bonds. The summed E-state index contributed by atoms with van der Waals surface area (Å²) in [6.45, 7) is 2.80. The maximum atomic E-state index is 9.98. The minimum atomic E-state index is -0.299. The molecule has 17 heavy (non-hydrogen) atoms. The van der Waals surface area contributed by atoms with Gasteiger partial charge in [0.15, 0.2) is 0 Å². The van der Waals surface area contributed by atoms with E-state index in [1.54, 1.807) is 0 Å². The maximum absolute atomic E-state index is 9.98. The summed E-state index contributed by atoms with van der Waals surface area (Å²) >= 11 is 0. The van der Waals surface area contributed by atoms with Gasteiger partial charge in [-0.25, -0.2) is 0 Å². The van der Waals surface area contributed by atoms with Crippen molar-refractivity contribution >= 4 is 5.69 Å². The van der Waals surface area contributed by atoms with Crippen LogP contribution in [0.5, 0.6) is 0 Å². The summed E-state index contributed by atoms with van der Waals surface area (Å²) in [6.07, 6.45) is 3.25. The van der Waals surface area contributed by atoms with Crippen LogP contribution in [0.3, 0.4) is 0 Å². The normalized spacial score (nSPS) is 28.2. The molecule has 2 aliphatic heterocycles. The molecule has 3 rings (SSSR count). The van der Waals surface area contributed by atoms with E-state index in [0.717, 1.165) is 31.7 Å². The monoisotopic (exact) mass is 233 g/mol. The first kappa shape index (κ1) is 11.1. The zero-order valence-corrected chi connectivity index (χ0v) is 10.0. The van der Waals surface area contributed by atoms with Crippen molar-refractivity contribution in [3.8, 4) is 0 Å². The van der Waals surface area contributed by atoms with Crippen LogP contribution in [-0.2, 0) is 4.74 Å². The van der Waals surface area contributed by atoms with Gasteiger partial charge >= 0.3 is 0 Å². The molecule has 0 bridgehead atoms. The van der Waals surface area contributed by atoms with Crippen molar-refractivity contribution in [2.45, 2.75) is 31.5 Å². The van der Waals surface area contributed by atoms with Crippen molar-refractivity contribution in [3.63, 3.8) is 0 Å². The lowest BCUT2D eigenvalue weighted by Gasteiger charge is -2.35. The van der Waals surface area contributed by atoms with Gasteiger partial charge in [0.05, 0.1) is 12.2 Å². The zero-order valence-electron chi connectivity index (χ0n) is 10.0. The Kier molecular flexibility index (Phi) is 3.04. The van der Waals surface area contributed by atoms with Crippen molar-refractivity contribution in [1.82, 2.24) is 0 Å².